The normalized spacial score (nSPS) is 30.1. The Morgan fingerprint density at radius 2 is 2.00 bits per heavy atom. The average molecular weight is 240 g/mol. The molecule has 1 saturated heterocycles. The third-order valence-corrected chi connectivity index (χ3v) is 3.70. The highest BCUT2D eigenvalue weighted by Gasteiger charge is 2.35. The number of carbonyl (C=O) groups excluding carboxylic acids is 2. The molecule has 2 amide bonds. The number of primary amides is 1. The number of hydrogen-bond donors (Lipinski definition) is 1. The van der Waals surface area contributed by atoms with Crippen LogP contribution in [0.4, 0.5) is 4.79 Å². The summed E-state index contributed by atoms with van der Waals surface area (Å²) in [6.07, 6.45) is 5.58. The van der Waals surface area contributed by atoms with Crippen molar-refractivity contribution in [2.75, 3.05) is 6.54 Å². The highest BCUT2D eigenvalue weighted by atomic mass is 16.6. The lowest BCUT2D eigenvalue weighted by atomic mass is 9.90. The second-order valence-electron chi connectivity index (χ2n) is 4.87. The lowest BCUT2D eigenvalue weighted by molar-refractivity contribution is -0.139. The van der Waals surface area contributed by atoms with E-state index in [0.29, 0.717) is 6.42 Å². The summed E-state index contributed by atoms with van der Waals surface area (Å²) >= 11 is 0. The van der Waals surface area contributed by atoms with Crippen LogP contribution in [0.15, 0.2) is 0 Å². The van der Waals surface area contributed by atoms with Gasteiger partial charge in [0.2, 0.25) is 5.91 Å². The van der Waals surface area contributed by atoms with E-state index in [1.54, 1.807) is 0 Å². The van der Waals surface area contributed by atoms with Crippen LogP contribution in [0, 0.1) is 0 Å². The molecule has 2 rings (SSSR count). The van der Waals surface area contributed by atoms with Gasteiger partial charge in [0.25, 0.3) is 0 Å². The van der Waals surface area contributed by atoms with E-state index in [1.807, 2.05) is 4.90 Å². The molecule has 17 heavy (non-hydrogen) atoms. The molecule has 2 fully saturated rings. The summed E-state index contributed by atoms with van der Waals surface area (Å²) in [6, 6.07) is 0.0454. The molecule has 2 atom stereocenters. The summed E-state index contributed by atoms with van der Waals surface area (Å²) < 4.78 is 5.15. The van der Waals surface area contributed by atoms with Crippen LogP contribution in [0.5, 0.6) is 0 Å². The van der Waals surface area contributed by atoms with Gasteiger partial charge in [0.05, 0.1) is 6.04 Å². The van der Waals surface area contributed by atoms with Crippen molar-refractivity contribution in [1.82, 2.24) is 4.90 Å². The molecule has 1 aliphatic carbocycles. The van der Waals surface area contributed by atoms with E-state index >= 15 is 0 Å². The first-order valence-corrected chi connectivity index (χ1v) is 6.44. The number of hydrogen-bond acceptors (Lipinski definition) is 3. The molecule has 2 N–H and O–H groups in total. The first-order valence-electron chi connectivity index (χ1n) is 6.44. The molecule has 0 aromatic carbocycles. The summed E-state index contributed by atoms with van der Waals surface area (Å²) in [5, 5.41) is 0. The van der Waals surface area contributed by atoms with Crippen LogP contribution in [-0.4, -0.2) is 35.6 Å². The number of nitrogens with zero attached hydrogens (tertiary/aromatic N) is 1. The standard InChI is InChI=1S/C12H20N2O3/c13-12(16)17-10-6-2-1-5-9(10)14-8-4-3-7-11(14)15/h9-10H,1-8H2,(H2,13,16)/t9-,10-/m1/s1. The van der Waals surface area contributed by atoms with E-state index in [-0.39, 0.29) is 18.1 Å². The quantitative estimate of drug-likeness (QED) is 0.793. The molecule has 5 nitrogen and oxygen atoms in total. The predicted octanol–water partition coefficient (Wildman–Crippen LogP) is 1.41. The minimum atomic E-state index is -0.730. The summed E-state index contributed by atoms with van der Waals surface area (Å²) in [6.45, 7) is 0.794. The molecule has 1 aliphatic heterocycles. The first kappa shape index (κ1) is 12.2. The first-order chi connectivity index (χ1) is 8.18. The van der Waals surface area contributed by atoms with E-state index in [9.17, 15) is 9.59 Å². The van der Waals surface area contributed by atoms with Crippen LogP contribution in [0.1, 0.15) is 44.9 Å². The Labute approximate surface area is 101 Å². The topological polar surface area (TPSA) is 72.6 Å². The van der Waals surface area contributed by atoms with Crippen LogP contribution in [-0.2, 0) is 9.53 Å². The van der Waals surface area contributed by atoms with Crippen molar-refractivity contribution in [3.8, 4) is 0 Å². The maximum absolute atomic E-state index is 11.9. The Bertz CT molecular complexity index is 306. The SMILES string of the molecule is NC(=O)O[C@@H]1CCCC[C@H]1N1CCCCC1=O. The highest BCUT2D eigenvalue weighted by Crippen LogP contribution is 2.28. The Balaban J connectivity index is 2.04. The molecule has 0 radical (unpaired) electrons. The van der Waals surface area contributed by atoms with Gasteiger partial charge in [-0.1, -0.05) is 6.42 Å². The maximum atomic E-state index is 11.9. The van der Waals surface area contributed by atoms with Gasteiger partial charge in [0.15, 0.2) is 0 Å². The van der Waals surface area contributed by atoms with Gasteiger partial charge in [0.1, 0.15) is 6.10 Å². The average Bonchev–Trinajstić information content (AvgIpc) is 2.30. The van der Waals surface area contributed by atoms with E-state index in [0.717, 1.165) is 45.1 Å². The lowest BCUT2D eigenvalue weighted by Gasteiger charge is -2.40. The van der Waals surface area contributed by atoms with Crippen LogP contribution >= 0.6 is 0 Å². The van der Waals surface area contributed by atoms with Crippen LogP contribution in [0.3, 0.4) is 0 Å². The van der Waals surface area contributed by atoms with E-state index < -0.39 is 6.09 Å². The minimum absolute atomic E-state index is 0.0454. The minimum Gasteiger partial charge on any atom is -0.444 e. The largest absolute Gasteiger partial charge is 0.444 e. The second-order valence-corrected chi connectivity index (χ2v) is 4.87. The smallest absolute Gasteiger partial charge is 0.404 e. The highest BCUT2D eigenvalue weighted by molar-refractivity contribution is 5.77. The predicted molar refractivity (Wildman–Crippen MR) is 62.3 cm³/mol. The Morgan fingerprint density at radius 1 is 1.24 bits per heavy atom. The van der Waals surface area contributed by atoms with Crippen LogP contribution < -0.4 is 5.73 Å². The van der Waals surface area contributed by atoms with Gasteiger partial charge in [-0.3, -0.25) is 4.79 Å². The van der Waals surface area contributed by atoms with Gasteiger partial charge in [-0.25, -0.2) is 4.79 Å². The number of ether oxygens (including phenoxy) is 1. The fourth-order valence-electron chi connectivity index (χ4n) is 2.90. The third kappa shape index (κ3) is 2.90. The molecule has 1 saturated carbocycles. The molecular weight excluding hydrogens is 220 g/mol. The van der Waals surface area contributed by atoms with Crippen molar-refractivity contribution in [3.05, 3.63) is 0 Å². The zero-order valence-electron chi connectivity index (χ0n) is 10.1. The van der Waals surface area contributed by atoms with Gasteiger partial charge in [0, 0.05) is 13.0 Å². The van der Waals surface area contributed by atoms with Crippen LogP contribution in [0.2, 0.25) is 0 Å². The van der Waals surface area contributed by atoms with Gasteiger partial charge in [-0.15, -0.1) is 0 Å². The van der Waals surface area contributed by atoms with Gasteiger partial charge in [-0.05, 0) is 32.1 Å². The van der Waals surface area contributed by atoms with Gasteiger partial charge < -0.3 is 15.4 Å². The molecule has 1 heterocycles. The second kappa shape index (κ2) is 5.38. The monoisotopic (exact) mass is 240 g/mol. The van der Waals surface area contributed by atoms with Crippen molar-refractivity contribution >= 4 is 12.0 Å². The van der Waals surface area contributed by atoms with Crippen molar-refractivity contribution < 1.29 is 14.3 Å². The number of amides is 2. The number of carbonyl (C=O) groups is 2. The molecule has 0 spiro atoms. The van der Waals surface area contributed by atoms with Crippen molar-refractivity contribution in [2.24, 2.45) is 5.73 Å². The molecule has 0 bridgehead atoms. The maximum Gasteiger partial charge on any atom is 0.404 e. The van der Waals surface area contributed by atoms with Crippen LogP contribution in [0.25, 0.3) is 0 Å². The summed E-state index contributed by atoms with van der Waals surface area (Å²) in [7, 11) is 0. The summed E-state index contributed by atoms with van der Waals surface area (Å²) in [4.78, 5) is 24.7. The molecule has 0 aromatic heterocycles. The molecule has 5 heteroatoms. The lowest BCUT2D eigenvalue weighted by Crippen LogP contribution is -2.52. The molecular formula is C12H20N2O3. The molecule has 2 aliphatic rings. The molecule has 96 valence electrons. The number of likely N-dealkylation sites (tertiary alicyclic amines) is 1. The molecule has 0 aromatic rings. The Morgan fingerprint density at radius 3 is 2.71 bits per heavy atom. The van der Waals surface area contributed by atoms with Gasteiger partial charge >= 0.3 is 6.09 Å². The Kier molecular flexibility index (Phi) is 3.86. The zero-order valence-corrected chi connectivity index (χ0v) is 10.1. The zero-order chi connectivity index (χ0) is 12.3. The van der Waals surface area contributed by atoms with Gasteiger partial charge in [-0.2, -0.15) is 0 Å². The van der Waals surface area contributed by atoms with E-state index in [2.05, 4.69) is 0 Å². The third-order valence-electron chi connectivity index (χ3n) is 3.70. The van der Waals surface area contributed by atoms with Crippen molar-refractivity contribution in [1.29, 1.82) is 0 Å². The van der Waals surface area contributed by atoms with E-state index in [4.69, 9.17) is 10.5 Å². The Hall–Kier alpha value is -1.26. The van der Waals surface area contributed by atoms with Crippen molar-refractivity contribution in [3.63, 3.8) is 0 Å². The van der Waals surface area contributed by atoms with Crippen molar-refractivity contribution in [2.45, 2.75) is 57.1 Å². The number of piperidine rings is 1. The fraction of sp³-hybridized carbons (Fsp3) is 0.833. The fourth-order valence-corrected chi connectivity index (χ4v) is 2.90. The number of nitrogens with two attached hydrogens (primary N) is 1. The molecule has 0 unspecified atom stereocenters. The number of rotatable bonds is 2. The van der Waals surface area contributed by atoms with E-state index in [1.165, 1.54) is 0 Å². The summed E-state index contributed by atoms with van der Waals surface area (Å²) in [5.41, 5.74) is 5.09. The summed E-state index contributed by atoms with van der Waals surface area (Å²) in [5.74, 6) is 0.196.